The van der Waals surface area contributed by atoms with Crippen molar-refractivity contribution in [1.29, 1.82) is 0 Å². The van der Waals surface area contributed by atoms with E-state index in [9.17, 15) is 4.79 Å². The molecule has 0 atom stereocenters. The molecule has 27 heavy (non-hydrogen) atoms. The van der Waals surface area contributed by atoms with Gasteiger partial charge in [-0.1, -0.05) is 30.3 Å². The van der Waals surface area contributed by atoms with Gasteiger partial charge in [-0.3, -0.25) is 4.79 Å². The summed E-state index contributed by atoms with van der Waals surface area (Å²) >= 11 is 0. The third kappa shape index (κ3) is 4.39. The van der Waals surface area contributed by atoms with E-state index in [1.165, 1.54) is 0 Å². The van der Waals surface area contributed by atoms with Crippen LogP contribution in [0.25, 0.3) is 0 Å². The standard InChI is InChI=1S/C22H20N2O3/c25-22(13-6-16-4-2-1-3-5-16)24-18-9-7-17(8-10-18)23-19-11-12-20-21(14-19)27-15-26-20/h1-5,7-12,14,23H,6,13,15H2,(H,24,25). The van der Waals surface area contributed by atoms with Crippen LogP contribution in [0.4, 0.5) is 17.1 Å². The first-order chi connectivity index (χ1) is 13.3. The maximum Gasteiger partial charge on any atom is 0.231 e. The third-order valence-electron chi connectivity index (χ3n) is 4.31. The summed E-state index contributed by atoms with van der Waals surface area (Å²) in [4.78, 5) is 12.1. The Morgan fingerprint density at radius 2 is 1.52 bits per heavy atom. The quantitative estimate of drug-likeness (QED) is 0.667. The molecule has 0 saturated heterocycles. The lowest BCUT2D eigenvalue weighted by Crippen LogP contribution is -2.12. The monoisotopic (exact) mass is 360 g/mol. The van der Waals surface area contributed by atoms with Gasteiger partial charge in [0.1, 0.15) is 0 Å². The normalized spacial score (nSPS) is 11.9. The largest absolute Gasteiger partial charge is 0.454 e. The molecule has 1 amide bonds. The van der Waals surface area contributed by atoms with E-state index in [1.807, 2.05) is 72.8 Å². The van der Waals surface area contributed by atoms with E-state index in [0.717, 1.165) is 40.5 Å². The number of hydrogen-bond acceptors (Lipinski definition) is 4. The van der Waals surface area contributed by atoms with E-state index in [0.29, 0.717) is 6.42 Å². The molecule has 4 rings (SSSR count). The fourth-order valence-corrected chi connectivity index (χ4v) is 2.90. The summed E-state index contributed by atoms with van der Waals surface area (Å²) in [5.74, 6) is 1.51. The van der Waals surface area contributed by atoms with Crippen LogP contribution in [0.3, 0.4) is 0 Å². The molecule has 136 valence electrons. The van der Waals surface area contributed by atoms with Gasteiger partial charge in [-0.15, -0.1) is 0 Å². The first-order valence-electron chi connectivity index (χ1n) is 8.87. The number of fused-ring (bicyclic) bond motifs is 1. The number of benzene rings is 3. The van der Waals surface area contributed by atoms with Crippen molar-refractivity contribution in [3.63, 3.8) is 0 Å². The average molecular weight is 360 g/mol. The predicted octanol–water partition coefficient (Wildman–Crippen LogP) is 4.73. The first-order valence-corrected chi connectivity index (χ1v) is 8.87. The van der Waals surface area contributed by atoms with Crippen LogP contribution in [-0.4, -0.2) is 12.7 Å². The molecule has 0 saturated carbocycles. The van der Waals surface area contributed by atoms with Crippen molar-refractivity contribution in [2.24, 2.45) is 0 Å². The van der Waals surface area contributed by atoms with Gasteiger partial charge in [0, 0.05) is 29.5 Å². The molecule has 0 fully saturated rings. The van der Waals surface area contributed by atoms with Crippen molar-refractivity contribution in [3.8, 4) is 11.5 Å². The molecule has 5 nitrogen and oxygen atoms in total. The molecule has 5 heteroatoms. The van der Waals surface area contributed by atoms with E-state index in [2.05, 4.69) is 10.6 Å². The van der Waals surface area contributed by atoms with Gasteiger partial charge in [-0.25, -0.2) is 0 Å². The van der Waals surface area contributed by atoms with E-state index in [4.69, 9.17) is 9.47 Å². The zero-order valence-electron chi connectivity index (χ0n) is 14.8. The molecule has 0 unspecified atom stereocenters. The number of carbonyl (C=O) groups is 1. The first kappa shape index (κ1) is 17.0. The Kier molecular flexibility index (Phi) is 4.92. The van der Waals surface area contributed by atoms with Crippen LogP contribution < -0.4 is 20.1 Å². The van der Waals surface area contributed by atoms with Gasteiger partial charge in [0.25, 0.3) is 0 Å². The molecular weight excluding hydrogens is 340 g/mol. The summed E-state index contributed by atoms with van der Waals surface area (Å²) in [6.45, 7) is 0.261. The molecular formula is C22H20N2O3. The van der Waals surface area contributed by atoms with Crippen LogP contribution in [0.15, 0.2) is 72.8 Å². The highest BCUT2D eigenvalue weighted by Gasteiger charge is 2.13. The summed E-state index contributed by atoms with van der Waals surface area (Å²) in [6, 6.07) is 23.4. The lowest BCUT2D eigenvalue weighted by molar-refractivity contribution is -0.116. The highest BCUT2D eigenvalue weighted by molar-refractivity contribution is 5.91. The van der Waals surface area contributed by atoms with E-state index in [-0.39, 0.29) is 12.7 Å². The van der Waals surface area contributed by atoms with Crippen molar-refractivity contribution >= 4 is 23.0 Å². The smallest absolute Gasteiger partial charge is 0.231 e. The number of anilines is 3. The Labute approximate surface area is 157 Å². The Morgan fingerprint density at radius 3 is 2.33 bits per heavy atom. The number of ether oxygens (including phenoxy) is 2. The molecule has 0 aromatic heterocycles. The molecule has 0 spiro atoms. The number of rotatable bonds is 6. The van der Waals surface area contributed by atoms with Gasteiger partial charge in [0.2, 0.25) is 12.7 Å². The van der Waals surface area contributed by atoms with Crippen molar-refractivity contribution in [2.75, 3.05) is 17.4 Å². The van der Waals surface area contributed by atoms with Crippen molar-refractivity contribution in [2.45, 2.75) is 12.8 Å². The van der Waals surface area contributed by atoms with E-state index < -0.39 is 0 Å². The second-order valence-corrected chi connectivity index (χ2v) is 6.30. The molecule has 3 aromatic rings. The van der Waals surface area contributed by atoms with Crippen molar-refractivity contribution in [1.82, 2.24) is 0 Å². The van der Waals surface area contributed by atoms with Crippen LogP contribution in [0.1, 0.15) is 12.0 Å². The Hall–Kier alpha value is -3.47. The second kappa shape index (κ2) is 7.83. The minimum Gasteiger partial charge on any atom is -0.454 e. The summed E-state index contributed by atoms with van der Waals surface area (Å²) < 4.78 is 10.7. The van der Waals surface area contributed by atoms with Gasteiger partial charge >= 0.3 is 0 Å². The summed E-state index contributed by atoms with van der Waals surface area (Å²) in [6.07, 6.45) is 1.19. The summed E-state index contributed by atoms with van der Waals surface area (Å²) in [5, 5.41) is 6.25. The molecule has 1 aliphatic rings. The molecule has 3 aromatic carbocycles. The van der Waals surface area contributed by atoms with Crippen LogP contribution in [-0.2, 0) is 11.2 Å². The molecule has 0 radical (unpaired) electrons. The van der Waals surface area contributed by atoms with Crippen LogP contribution >= 0.6 is 0 Å². The minimum absolute atomic E-state index is 0.00957. The van der Waals surface area contributed by atoms with Crippen LogP contribution in [0.5, 0.6) is 11.5 Å². The lowest BCUT2D eigenvalue weighted by atomic mass is 10.1. The minimum atomic E-state index is 0.00957. The van der Waals surface area contributed by atoms with Gasteiger partial charge in [-0.05, 0) is 48.4 Å². The number of carbonyl (C=O) groups excluding carboxylic acids is 1. The number of amides is 1. The highest BCUT2D eigenvalue weighted by atomic mass is 16.7. The van der Waals surface area contributed by atoms with Crippen LogP contribution in [0, 0.1) is 0 Å². The predicted molar refractivity (Wildman–Crippen MR) is 106 cm³/mol. The highest BCUT2D eigenvalue weighted by Crippen LogP contribution is 2.35. The lowest BCUT2D eigenvalue weighted by Gasteiger charge is -2.09. The Morgan fingerprint density at radius 1 is 0.815 bits per heavy atom. The van der Waals surface area contributed by atoms with Crippen molar-refractivity contribution in [3.05, 3.63) is 78.4 Å². The zero-order chi connectivity index (χ0) is 18.5. The third-order valence-corrected chi connectivity index (χ3v) is 4.31. The molecule has 1 heterocycles. The van der Waals surface area contributed by atoms with Gasteiger partial charge < -0.3 is 20.1 Å². The van der Waals surface area contributed by atoms with Gasteiger partial charge in [0.15, 0.2) is 11.5 Å². The Balaban J connectivity index is 1.31. The molecule has 0 bridgehead atoms. The van der Waals surface area contributed by atoms with Crippen LogP contribution in [0.2, 0.25) is 0 Å². The van der Waals surface area contributed by atoms with E-state index in [1.54, 1.807) is 0 Å². The Bertz CT molecular complexity index is 924. The average Bonchev–Trinajstić information content (AvgIpc) is 3.17. The summed E-state index contributed by atoms with van der Waals surface area (Å²) in [7, 11) is 0. The summed E-state index contributed by atoms with van der Waals surface area (Å²) in [5.41, 5.74) is 3.79. The van der Waals surface area contributed by atoms with Gasteiger partial charge in [0.05, 0.1) is 0 Å². The second-order valence-electron chi connectivity index (χ2n) is 6.30. The molecule has 1 aliphatic heterocycles. The fourth-order valence-electron chi connectivity index (χ4n) is 2.90. The topological polar surface area (TPSA) is 59.6 Å². The maximum absolute atomic E-state index is 12.1. The number of hydrogen-bond donors (Lipinski definition) is 2. The number of aryl methyl sites for hydroxylation is 1. The molecule has 2 N–H and O–H groups in total. The van der Waals surface area contributed by atoms with Gasteiger partial charge in [-0.2, -0.15) is 0 Å². The van der Waals surface area contributed by atoms with E-state index >= 15 is 0 Å². The number of nitrogens with one attached hydrogen (secondary N) is 2. The van der Waals surface area contributed by atoms with Crippen molar-refractivity contribution < 1.29 is 14.3 Å². The maximum atomic E-state index is 12.1. The molecule has 0 aliphatic carbocycles. The SMILES string of the molecule is O=C(CCc1ccccc1)Nc1ccc(Nc2ccc3c(c2)OCO3)cc1. The zero-order valence-corrected chi connectivity index (χ0v) is 14.8. The fraction of sp³-hybridized carbons (Fsp3) is 0.136.